The van der Waals surface area contributed by atoms with Crippen LogP contribution in [0.5, 0.6) is 0 Å². The zero-order valence-electron chi connectivity index (χ0n) is 33.4. The molecule has 0 fully saturated rings. The Bertz CT molecular complexity index is 761. The minimum Gasteiger partial charge on any atom is -0.462 e. The standard InChI is InChI=1S/C45H84O5/c1-3-5-7-9-11-13-15-17-19-20-21-22-23-24-26-27-29-31-33-35-37-39-44(47)49-42-43(41-46)50-45(48)40-38-36-34-32-30-28-25-18-16-14-12-10-8-6-4-2/h17-19,25,43,46H,3-16,20-24,26-42H2,1-2H3. The molecule has 0 aromatic carbocycles. The van der Waals surface area contributed by atoms with Gasteiger partial charge in [0.15, 0.2) is 6.10 Å². The molecule has 1 N–H and O–H groups in total. The number of aliphatic hydroxyl groups excluding tert-OH is 1. The van der Waals surface area contributed by atoms with Crippen molar-refractivity contribution < 1.29 is 24.2 Å². The van der Waals surface area contributed by atoms with Gasteiger partial charge < -0.3 is 14.6 Å². The molecule has 0 heterocycles. The molecule has 50 heavy (non-hydrogen) atoms. The van der Waals surface area contributed by atoms with Crippen molar-refractivity contribution in [2.24, 2.45) is 0 Å². The zero-order valence-corrected chi connectivity index (χ0v) is 33.4. The lowest BCUT2D eigenvalue weighted by Gasteiger charge is -2.15. The van der Waals surface area contributed by atoms with Gasteiger partial charge in [0.2, 0.25) is 0 Å². The van der Waals surface area contributed by atoms with Crippen LogP contribution in [0.15, 0.2) is 24.3 Å². The van der Waals surface area contributed by atoms with Crippen molar-refractivity contribution in [3.05, 3.63) is 24.3 Å². The SMILES string of the molecule is CCCCCCCCC=CCCCCCCCCCCCCCC(=O)OCC(CO)OC(=O)CCCCCCCC=CCCCCCCCC. The first kappa shape index (κ1) is 48.4. The van der Waals surface area contributed by atoms with E-state index in [4.69, 9.17) is 9.47 Å². The summed E-state index contributed by atoms with van der Waals surface area (Å²) >= 11 is 0. The van der Waals surface area contributed by atoms with Gasteiger partial charge in [-0.05, 0) is 64.2 Å². The minimum absolute atomic E-state index is 0.0661. The van der Waals surface area contributed by atoms with Crippen molar-refractivity contribution in [3.63, 3.8) is 0 Å². The van der Waals surface area contributed by atoms with Crippen molar-refractivity contribution in [2.45, 2.75) is 238 Å². The van der Waals surface area contributed by atoms with Gasteiger partial charge in [-0.15, -0.1) is 0 Å². The summed E-state index contributed by atoms with van der Waals surface area (Å²) in [6.45, 7) is 4.14. The van der Waals surface area contributed by atoms with Crippen molar-refractivity contribution in [1.29, 1.82) is 0 Å². The first-order valence-corrected chi connectivity index (χ1v) is 21.9. The largest absolute Gasteiger partial charge is 0.462 e. The van der Waals surface area contributed by atoms with Crippen molar-refractivity contribution in [2.75, 3.05) is 13.2 Å². The van der Waals surface area contributed by atoms with Gasteiger partial charge in [0.25, 0.3) is 0 Å². The van der Waals surface area contributed by atoms with E-state index in [9.17, 15) is 14.7 Å². The molecular formula is C45H84O5. The number of carbonyl (C=O) groups excluding carboxylic acids is 2. The molecule has 1 atom stereocenters. The molecule has 0 rings (SSSR count). The smallest absolute Gasteiger partial charge is 0.306 e. The third kappa shape index (κ3) is 39.2. The summed E-state index contributed by atoms with van der Waals surface area (Å²) in [5, 5.41) is 9.57. The van der Waals surface area contributed by atoms with Crippen LogP contribution in [0.1, 0.15) is 232 Å². The van der Waals surface area contributed by atoms with E-state index in [-0.39, 0.29) is 25.2 Å². The van der Waals surface area contributed by atoms with Crippen LogP contribution in [0, 0.1) is 0 Å². The minimum atomic E-state index is -0.772. The molecule has 0 saturated heterocycles. The third-order valence-corrected chi connectivity index (χ3v) is 9.72. The number of hydrogen-bond donors (Lipinski definition) is 1. The first-order chi connectivity index (χ1) is 24.6. The fraction of sp³-hybridized carbons (Fsp3) is 0.867. The molecule has 294 valence electrons. The lowest BCUT2D eigenvalue weighted by molar-refractivity contribution is -0.161. The molecular weight excluding hydrogens is 620 g/mol. The molecule has 0 aliphatic carbocycles. The fourth-order valence-electron chi connectivity index (χ4n) is 6.37. The summed E-state index contributed by atoms with van der Waals surface area (Å²) in [6.07, 6.45) is 49.6. The Hall–Kier alpha value is -1.62. The highest BCUT2D eigenvalue weighted by molar-refractivity contribution is 5.70. The van der Waals surface area contributed by atoms with E-state index in [2.05, 4.69) is 38.2 Å². The van der Waals surface area contributed by atoms with Crippen molar-refractivity contribution in [3.8, 4) is 0 Å². The number of rotatable bonds is 40. The molecule has 0 aliphatic rings. The Morgan fingerprint density at radius 3 is 1.08 bits per heavy atom. The van der Waals surface area contributed by atoms with E-state index < -0.39 is 6.10 Å². The molecule has 0 aliphatic heterocycles. The highest BCUT2D eigenvalue weighted by Crippen LogP contribution is 2.14. The van der Waals surface area contributed by atoms with Crippen LogP contribution < -0.4 is 0 Å². The highest BCUT2D eigenvalue weighted by atomic mass is 16.6. The third-order valence-electron chi connectivity index (χ3n) is 9.72. The fourth-order valence-corrected chi connectivity index (χ4v) is 6.37. The first-order valence-electron chi connectivity index (χ1n) is 21.9. The van der Waals surface area contributed by atoms with Crippen molar-refractivity contribution in [1.82, 2.24) is 0 Å². The van der Waals surface area contributed by atoms with E-state index in [1.54, 1.807) is 0 Å². The van der Waals surface area contributed by atoms with E-state index in [1.165, 1.54) is 161 Å². The quantitative estimate of drug-likeness (QED) is 0.0390. The van der Waals surface area contributed by atoms with Gasteiger partial charge in [0.05, 0.1) is 6.61 Å². The molecule has 0 bridgehead atoms. The van der Waals surface area contributed by atoms with Crippen LogP contribution in [-0.4, -0.2) is 36.4 Å². The second-order valence-electron chi connectivity index (χ2n) is 14.8. The highest BCUT2D eigenvalue weighted by Gasteiger charge is 2.16. The summed E-state index contributed by atoms with van der Waals surface area (Å²) in [7, 11) is 0. The van der Waals surface area contributed by atoms with Gasteiger partial charge in [0, 0.05) is 12.8 Å². The summed E-state index contributed by atoms with van der Waals surface area (Å²) in [5.74, 6) is -0.593. The second kappa shape index (κ2) is 41.8. The normalized spacial score (nSPS) is 12.3. The molecule has 0 aromatic rings. The second-order valence-corrected chi connectivity index (χ2v) is 14.8. The van der Waals surface area contributed by atoms with Crippen LogP contribution in [0.25, 0.3) is 0 Å². The zero-order chi connectivity index (χ0) is 36.4. The maximum atomic E-state index is 12.2. The van der Waals surface area contributed by atoms with E-state index in [0.717, 1.165) is 44.9 Å². The molecule has 0 saturated carbocycles. The Morgan fingerprint density at radius 1 is 0.440 bits per heavy atom. The maximum Gasteiger partial charge on any atom is 0.306 e. The van der Waals surface area contributed by atoms with Crippen LogP contribution in [0.3, 0.4) is 0 Å². The predicted octanol–water partition coefficient (Wildman–Crippen LogP) is 13.8. The van der Waals surface area contributed by atoms with E-state index >= 15 is 0 Å². The molecule has 0 radical (unpaired) electrons. The molecule has 5 nitrogen and oxygen atoms in total. The average molecular weight is 705 g/mol. The van der Waals surface area contributed by atoms with E-state index in [1.807, 2.05) is 0 Å². The molecule has 0 spiro atoms. The summed E-state index contributed by atoms with van der Waals surface area (Å²) in [5.41, 5.74) is 0. The number of carbonyl (C=O) groups is 2. The van der Waals surface area contributed by atoms with Gasteiger partial charge in [-0.1, -0.05) is 179 Å². The van der Waals surface area contributed by atoms with Gasteiger partial charge in [-0.2, -0.15) is 0 Å². The van der Waals surface area contributed by atoms with Gasteiger partial charge >= 0.3 is 11.9 Å². The number of unbranched alkanes of at least 4 members (excludes halogenated alkanes) is 28. The summed E-state index contributed by atoms with van der Waals surface area (Å²) in [4.78, 5) is 24.3. The average Bonchev–Trinajstić information content (AvgIpc) is 3.12. The number of hydrogen-bond acceptors (Lipinski definition) is 5. The summed E-state index contributed by atoms with van der Waals surface area (Å²) in [6, 6.07) is 0. The Kier molecular flexibility index (Phi) is 40.4. The lowest BCUT2D eigenvalue weighted by atomic mass is 10.0. The van der Waals surface area contributed by atoms with Crippen LogP contribution in [0.2, 0.25) is 0 Å². The Balaban J connectivity index is 3.50. The van der Waals surface area contributed by atoms with Crippen LogP contribution in [0.4, 0.5) is 0 Å². The predicted molar refractivity (Wildman–Crippen MR) is 215 cm³/mol. The Labute approximate surface area is 311 Å². The molecule has 0 amide bonds. The molecule has 1 unspecified atom stereocenters. The van der Waals surface area contributed by atoms with E-state index in [0.29, 0.717) is 12.8 Å². The van der Waals surface area contributed by atoms with Gasteiger partial charge in [-0.3, -0.25) is 9.59 Å². The number of ether oxygens (including phenoxy) is 2. The maximum absolute atomic E-state index is 12.2. The number of aliphatic hydroxyl groups is 1. The lowest BCUT2D eigenvalue weighted by Crippen LogP contribution is -2.28. The Morgan fingerprint density at radius 2 is 0.740 bits per heavy atom. The molecule has 5 heteroatoms. The van der Waals surface area contributed by atoms with Crippen LogP contribution >= 0.6 is 0 Å². The number of allylic oxidation sites excluding steroid dienone is 4. The molecule has 0 aromatic heterocycles. The van der Waals surface area contributed by atoms with Crippen molar-refractivity contribution >= 4 is 11.9 Å². The summed E-state index contributed by atoms with van der Waals surface area (Å²) < 4.78 is 10.6. The van der Waals surface area contributed by atoms with Gasteiger partial charge in [0.1, 0.15) is 6.61 Å². The monoisotopic (exact) mass is 705 g/mol. The van der Waals surface area contributed by atoms with Gasteiger partial charge in [-0.25, -0.2) is 0 Å². The van der Waals surface area contributed by atoms with Crippen LogP contribution in [-0.2, 0) is 19.1 Å². The number of esters is 2. The topological polar surface area (TPSA) is 72.8 Å².